The Morgan fingerprint density at radius 1 is 1.07 bits per heavy atom. The van der Waals surface area contributed by atoms with Crippen LogP contribution >= 0.6 is 11.6 Å². The summed E-state index contributed by atoms with van der Waals surface area (Å²) in [5.41, 5.74) is -1.15. The van der Waals surface area contributed by atoms with E-state index in [9.17, 15) is 36.8 Å². The predicted octanol–water partition coefficient (Wildman–Crippen LogP) is 4.84. The molecule has 3 heterocycles. The number of amides is 5. The maximum absolute atomic E-state index is 14.5. The van der Waals surface area contributed by atoms with Gasteiger partial charge in [-0.2, -0.15) is 0 Å². The summed E-state index contributed by atoms with van der Waals surface area (Å²) in [5, 5.41) is 5.76. The van der Waals surface area contributed by atoms with Gasteiger partial charge in [-0.25, -0.2) is 22.4 Å². The van der Waals surface area contributed by atoms with Gasteiger partial charge in [-0.05, 0) is 75.8 Å². The Hall–Kier alpha value is -4.70. The van der Waals surface area contributed by atoms with Crippen LogP contribution in [0.3, 0.4) is 0 Å². The van der Waals surface area contributed by atoms with Crippen molar-refractivity contribution in [1.82, 2.24) is 25.2 Å². The molecule has 0 spiro atoms. The first-order valence-corrected chi connectivity index (χ1v) is 20.8. The third-order valence-corrected chi connectivity index (χ3v) is 11.7. The number of hydrogen-bond acceptors (Lipinski definition) is 9. The first kappa shape index (κ1) is 40.9. The highest BCUT2D eigenvalue weighted by Gasteiger charge is 2.61. The zero-order chi connectivity index (χ0) is 40.4. The van der Waals surface area contributed by atoms with Gasteiger partial charge in [0.15, 0.2) is 0 Å². The van der Waals surface area contributed by atoms with E-state index in [-0.39, 0.29) is 38.9 Å². The summed E-state index contributed by atoms with van der Waals surface area (Å²) in [6.45, 7) is 4.93. The smallest absolute Gasteiger partial charge is 0.410 e. The second-order valence-electron chi connectivity index (χ2n) is 15.8. The average molecular weight is 816 g/mol. The van der Waals surface area contributed by atoms with Crippen molar-refractivity contribution in [2.75, 3.05) is 6.54 Å². The maximum Gasteiger partial charge on any atom is 0.410 e. The summed E-state index contributed by atoms with van der Waals surface area (Å²) in [7, 11) is -4.24. The van der Waals surface area contributed by atoms with Gasteiger partial charge in [0.1, 0.15) is 35.1 Å². The number of ether oxygens (including phenoxy) is 2. The third-order valence-electron chi connectivity index (χ3n) is 10.3. The lowest BCUT2D eigenvalue weighted by atomic mass is 10.0. The third kappa shape index (κ3) is 9.81. The standard InChI is InChI=1S/C39H47ClFN5O9S/c1-38(2,3)55-36(50)42-31-16-8-6-4-5-7-13-26-19-39(26,35(49)44-56(52,53)23-24-11-9-14-27(40)17-24)43-33(47)32-18-28(21-46(32)34(31)48)54-37(51)45-20-25-12-10-15-30(41)29(25)22-45/h7,9-15,17,26,28,31-32H,4-6,8,16,18-23H2,1-3H3,(H,42,50)(H,43,47)(H,44,49)/t26-,28-,31+,32+,39-/m1/s1. The van der Waals surface area contributed by atoms with E-state index < -0.39 is 86.7 Å². The van der Waals surface area contributed by atoms with Crippen molar-refractivity contribution in [3.8, 4) is 0 Å². The SMILES string of the molecule is CC(C)(C)OC(=O)N[C@H]1CCCCCC=C[C@@H]2C[C@@]2(C(=O)NS(=O)(=O)Cc2cccc(Cl)c2)NC(=O)[C@@H]2C[C@@H](OC(=O)N3Cc4cccc(F)c4C3)CN2C1=O. The van der Waals surface area contributed by atoms with Crippen LogP contribution in [0.15, 0.2) is 54.6 Å². The number of benzene rings is 2. The van der Waals surface area contributed by atoms with E-state index in [0.717, 1.165) is 6.42 Å². The Morgan fingerprint density at radius 3 is 2.57 bits per heavy atom. The molecule has 2 aromatic carbocycles. The molecule has 5 amide bonds. The first-order valence-electron chi connectivity index (χ1n) is 18.7. The first-order chi connectivity index (χ1) is 26.4. The second-order valence-corrected chi connectivity index (χ2v) is 18.0. The number of alkyl carbamates (subject to hydrolysis) is 1. The van der Waals surface area contributed by atoms with Crippen LogP contribution in [0, 0.1) is 11.7 Å². The van der Waals surface area contributed by atoms with Crippen LogP contribution in [0.2, 0.25) is 5.02 Å². The van der Waals surface area contributed by atoms with Crippen molar-refractivity contribution in [3.63, 3.8) is 0 Å². The van der Waals surface area contributed by atoms with Gasteiger partial charge in [-0.3, -0.25) is 24.0 Å². The van der Waals surface area contributed by atoms with Crippen LogP contribution in [0.25, 0.3) is 0 Å². The molecule has 2 aromatic rings. The van der Waals surface area contributed by atoms with Gasteiger partial charge in [0.25, 0.3) is 5.91 Å². The fourth-order valence-electron chi connectivity index (χ4n) is 7.46. The van der Waals surface area contributed by atoms with Crippen molar-refractivity contribution in [1.29, 1.82) is 0 Å². The number of sulfonamides is 1. The van der Waals surface area contributed by atoms with Crippen molar-refractivity contribution >= 4 is 51.5 Å². The highest BCUT2D eigenvalue weighted by Crippen LogP contribution is 2.46. The largest absolute Gasteiger partial charge is 0.444 e. The molecule has 4 aliphatic rings. The van der Waals surface area contributed by atoms with Crippen molar-refractivity contribution in [2.45, 2.75) is 114 Å². The lowest BCUT2D eigenvalue weighted by molar-refractivity contribution is -0.141. The topological polar surface area (TPSA) is 181 Å². The van der Waals surface area contributed by atoms with Crippen molar-refractivity contribution < 1.29 is 46.3 Å². The molecule has 0 unspecified atom stereocenters. The number of nitrogens with one attached hydrogen (secondary N) is 3. The van der Waals surface area contributed by atoms with Crippen LogP contribution < -0.4 is 15.4 Å². The van der Waals surface area contributed by atoms with E-state index in [4.69, 9.17) is 21.1 Å². The Morgan fingerprint density at radius 2 is 1.84 bits per heavy atom. The van der Waals surface area contributed by atoms with E-state index in [1.54, 1.807) is 57.2 Å². The minimum atomic E-state index is -4.24. The maximum atomic E-state index is 14.5. The molecule has 3 N–H and O–H groups in total. The van der Waals surface area contributed by atoms with Crippen LogP contribution in [0.5, 0.6) is 0 Å². The molecule has 1 aliphatic carbocycles. The molecule has 0 aromatic heterocycles. The van der Waals surface area contributed by atoms with E-state index in [0.29, 0.717) is 41.0 Å². The molecule has 14 nitrogen and oxygen atoms in total. The summed E-state index contributed by atoms with van der Waals surface area (Å²) in [6.07, 6.45) is 3.86. The Balaban J connectivity index is 1.25. The molecule has 17 heteroatoms. The average Bonchev–Trinajstić information content (AvgIpc) is 3.40. The van der Waals surface area contributed by atoms with Gasteiger partial charge in [-0.1, -0.05) is 60.9 Å². The molecule has 3 aliphatic heterocycles. The highest BCUT2D eigenvalue weighted by molar-refractivity contribution is 7.89. The van der Waals surface area contributed by atoms with E-state index in [1.165, 1.54) is 21.9 Å². The second kappa shape index (κ2) is 16.4. The highest BCUT2D eigenvalue weighted by atomic mass is 35.5. The molecule has 6 rings (SSSR count). The summed E-state index contributed by atoms with van der Waals surface area (Å²) in [6, 6.07) is 8.41. The summed E-state index contributed by atoms with van der Waals surface area (Å²) in [5.74, 6) is -3.85. The normalized spacial score (nSPS) is 25.4. The zero-order valence-corrected chi connectivity index (χ0v) is 33.1. The van der Waals surface area contributed by atoms with E-state index >= 15 is 0 Å². The molecule has 56 heavy (non-hydrogen) atoms. The van der Waals surface area contributed by atoms with Gasteiger partial charge in [0.05, 0.1) is 18.8 Å². The number of hydrogen-bond donors (Lipinski definition) is 3. The number of fused-ring (bicyclic) bond motifs is 3. The van der Waals surface area contributed by atoms with Gasteiger partial charge >= 0.3 is 12.2 Å². The fraction of sp³-hybridized carbons (Fsp3) is 0.513. The van der Waals surface area contributed by atoms with Gasteiger partial charge in [0.2, 0.25) is 21.8 Å². The van der Waals surface area contributed by atoms with E-state index in [1.807, 2.05) is 6.08 Å². The monoisotopic (exact) mass is 815 g/mol. The van der Waals surface area contributed by atoms with Crippen LogP contribution in [-0.2, 0) is 52.7 Å². The van der Waals surface area contributed by atoms with Crippen molar-refractivity contribution in [2.24, 2.45) is 5.92 Å². The van der Waals surface area contributed by atoms with Crippen LogP contribution in [-0.4, -0.2) is 84.0 Å². The molecule has 0 radical (unpaired) electrons. The molecule has 2 fully saturated rings. The molecule has 302 valence electrons. The van der Waals surface area contributed by atoms with Crippen LogP contribution in [0.1, 0.15) is 82.4 Å². The minimum absolute atomic E-state index is 0.0191. The van der Waals surface area contributed by atoms with Gasteiger partial charge < -0.3 is 25.0 Å². The summed E-state index contributed by atoms with van der Waals surface area (Å²) in [4.78, 5) is 71.5. The number of nitrogens with zero attached hydrogens (tertiary/aromatic N) is 2. The summed E-state index contributed by atoms with van der Waals surface area (Å²) < 4.78 is 54.3. The lowest BCUT2D eigenvalue weighted by Gasteiger charge is -2.30. The molecule has 1 saturated heterocycles. The number of carbonyl (C=O) groups is 5. The minimum Gasteiger partial charge on any atom is -0.444 e. The number of halogens is 2. The predicted molar refractivity (Wildman–Crippen MR) is 203 cm³/mol. The fourth-order valence-corrected chi connectivity index (χ4v) is 8.82. The number of rotatable bonds is 6. The summed E-state index contributed by atoms with van der Waals surface area (Å²) >= 11 is 6.04. The molecular weight excluding hydrogens is 769 g/mol. The zero-order valence-electron chi connectivity index (χ0n) is 31.5. The van der Waals surface area contributed by atoms with Gasteiger partial charge in [0, 0.05) is 29.5 Å². The number of allylic oxidation sites excluding steroid dienone is 1. The Kier molecular flexibility index (Phi) is 12.0. The van der Waals surface area contributed by atoms with Crippen molar-refractivity contribution in [3.05, 3.63) is 82.1 Å². The molecule has 5 atom stereocenters. The Bertz CT molecular complexity index is 2020. The Labute approximate surface area is 330 Å². The molecule has 1 saturated carbocycles. The molecule has 0 bridgehead atoms. The van der Waals surface area contributed by atoms with Gasteiger partial charge in [-0.15, -0.1) is 0 Å². The van der Waals surface area contributed by atoms with E-state index in [2.05, 4.69) is 15.4 Å². The van der Waals surface area contributed by atoms with Crippen LogP contribution in [0.4, 0.5) is 14.0 Å². The number of carbonyl (C=O) groups excluding carboxylic acids is 5. The molecular formula is C39H47ClFN5O9S. The lowest BCUT2D eigenvalue weighted by Crippen LogP contribution is -2.58. The quantitative estimate of drug-likeness (QED) is 0.344.